The Bertz CT molecular complexity index is 481. The Morgan fingerprint density at radius 3 is 2.39 bits per heavy atom. The van der Waals surface area contributed by atoms with E-state index in [1.54, 1.807) is 19.0 Å². The van der Waals surface area contributed by atoms with Crippen molar-refractivity contribution in [1.29, 1.82) is 0 Å². The van der Waals surface area contributed by atoms with Gasteiger partial charge in [-0.05, 0) is 18.8 Å². The Morgan fingerprint density at radius 2 is 1.82 bits per heavy atom. The number of guanidine groups is 1. The molecule has 1 saturated heterocycles. The predicted octanol–water partition coefficient (Wildman–Crippen LogP) is 1.69. The Morgan fingerprint density at radius 1 is 1.18 bits per heavy atom. The molecule has 1 unspecified atom stereocenters. The third kappa shape index (κ3) is 7.24. The summed E-state index contributed by atoms with van der Waals surface area (Å²) in [5.41, 5.74) is 0. The van der Waals surface area contributed by atoms with Crippen LogP contribution in [0.15, 0.2) is 4.99 Å². The molecule has 1 heterocycles. The van der Waals surface area contributed by atoms with Gasteiger partial charge in [0.05, 0.1) is 13.2 Å². The Hall–Kier alpha value is -1.34. The van der Waals surface area contributed by atoms with Gasteiger partial charge in [-0.1, -0.05) is 39.5 Å². The van der Waals surface area contributed by atoms with Crippen LogP contribution in [-0.2, 0) is 9.53 Å². The number of morpholine rings is 1. The van der Waals surface area contributed by atoms with E-state index in [1.165, 1.54) is 38.5 Å². The molecule has 1 aliphatic heterocycles. The number of nitrogens with zero attached hydrogens (tertiary/aromatic N) is 3. The highest BCUT2D eigenvalue weighted by Crippen LogP contribution is 2.20. The molecule has 0 spiro atoms. The molecule has 1 aliphatic carbocycles. The molecule has 0 bridgehead atoms. The van der Waals surface area contributed by atoms with E-state index in [-0.39, 0.29) is 12.5 Å². The highest BCUT2D eigenvalue weighted by Gasteiger charge is 2.27. The van der Waals surface area contributed by atoms with Crippen LogP contribution in [0, 0.1) is 5.92 Å². The lowest BCUT2D eigenvalue weighted by Gasteiger charge is -2.39. The van der Waals surface area contributed by atoms with Crippen molar-refractivity contribution in [2.45, 2.75) is 64.5 Å². The minimum atomic E-state index is 0.0252. The lowest BCUT2D eigenvalue weighted by molar-refractivity contribution is -0.127. The molecule has 1 saturated carbocycles. The van der Waals surface area contributed by atoms with Crippen LogP contribution in [0.4, 0.5) is 0 Å². The fraction of sp³-hybridized carbons (Fsp3) is 0.905. The van der Waals surface area contributed by atoms with Gasteiger partial charge in [-0.15, -0.1) is 0 Å². The van der Waals surface area contributed by atoms with Crippen LogP contribution in [0.3, 0.4) is 0 Å². The van der Waals surface area contributed by atoms with E-state index in [4.69, 9.17) is 4.74 Å². The van der Waals surface area contributed by atoms with E-state index in [0.717, 1.165) is 38.8 Å². The van der Waals surface area contributed by atoms with Crippen molar-refractivity contribution in [2.75, 3.05) is 53.5 Å². The summed E-state index contributed by atoms with van der Waals surface area (Å²) >= 11 is 0. The SMILES string of the molecule is CCC(CC)C(CNC(=NCC(=O)N(C)C)NC1CCCC1)N1CCOCC1. The zero-order valence-corrected chi connectivity index (χ0v) is 18.4. The van der Waals surface area contributed by atoms with Crippen LogP contribution in [0.1, 0.15) is 52.4 Å². The van der Waals surface area contributed by atoms with Gasteiger partial charge < -0.3 is 20.3 Å². The molecule has 7 nitrogen and oxygen atoms in total. The Balaban J connectivity index is 2.03. The zero-order valence-electron chi connectivity index (χ0n) is 18.4. The minimum Gasteiger partial charge on any atom is -0.379 e. The Labute approximate surface area is 171 Å². The number of ether oxygens (including phenoxy) is 1. The maximum atomic E-state index is 12.0. The van der Waals surface area contributed by atoms with Crippen molar-refractivity contribution in [1.82, 2.24) is 20.4 Å². The van der Waals surface area contributed by atoms with Crippen molar-refractivity contribution in [2.24, 2.45) is 10.9 Å². The summed E-state index contributed by atoms with van der Waals surface area (Å²) in [4.78, 5) is 20.8. The van der Waals surface area contributed by atoms with Crippen LogP contribution in [0.2, 0.25) is 0 Å². The van der Waals surface area contributed by atoms with Gasteiger partial charge in [0, 0.05) is 45.8 Å². The van der Waals surface area contributed by atoms with Crippen LogP contribution in [-0.4, -0.2) is 87.2 Å². The van der Waals surface area contributed by atoms with Crippen molar-refractivity contribution in [3.63, 3.8) is 0 Å². The van der Waals surface area contributed by atoms with E-state index >= 15 is 0 Å². The highest BCUT2D eigenvalue weighted by atomic mass is 16.5. The normalized spacial score (nSPS) is 20.4. The number of hydrogen-bond acceptors (Lipinski definition) is 4. The largest absolute Gasteiger partial charge is 0.379 e. The van der Waals surface area contributed by atoms with E-state index in [9.17, 15) is 4.79 Å². The number of carbonyl (C=O) groups is 1. The molecular formula is C21H41N5O2. The monoisotopic (exact) mass is 395 g/mol. The predicted molar refractivity (Wildman–Crippen MR) is 115 cm³/mol. The molecule has 0 aromatic heterocycles. The van der Waals surface area contributed by atoms with Crippen LogP contribution in [0.5, 0.6) is 0 Å². The molecule has 2 rings (SSSR count). The van der Waals surface area contributed by atoms with Gasteiger partial charge in [-0.3, -0.25) is 9.69 Å². The summed E-state index contributed by atoms with van der Waals surface area (Å²) in [6.45, 7) is 9.20. The van der Waals surface area contributed by atoms with Gasteiger partial charge in [0.2, 0.25) is 5.91 Å². The lowest BCUT2D eigenvalue weighted by atomic mass is 9.92. The number of hydrogen-bond donors (Lipinski definition) is 2. The molecule has 7 heteroatoms. The molecule has 2 N–H and O–H groups in total. The van der Waals surface area contributed by atoms with Gasteiger partial charge >= 0.3 is 0 Å². The smallest absolute Gasteiger partial charge is 0.243 e. The third-order valence-corrected chi connectivity index (χ3v) is 6.15. The second kappa shape index (κ2) is 12.3. The van der Waals surface area contributed by atoms with Crippen LogP contribution in [0.25, 0.3) is 0 Å². The first kappa shape index (κ1) is 22.9. The first-order chi connectivity index (χ1) is 13.5. The zero-order chi connectivity index (χ0) is 20.4. The quantitative estimate of drug-likeness (QED) is 0.459. The molecule has 0 aromatic carbocycles. The first-order valence-corrected chi connectivity index (χ1v) is 11.1. The summed E-state index contributed by atoms with van der Waals surface area (Å²) in [5.74, 6) is 1.45. The number of aliphatic imine (C=N–C) groups is 1. The topological polar surface area (TPSA) is 69.2 Å². The van der Waals surface area contributed by atoms with Gasteiger partial charge in [-0.2, -0.15) is 0 Å². The molecule has 2 aliphatic rings. The van der Waals surface area contributed by atoms with Crippen molar-refractivity contribution in [3.05, 3.63) is 0 Å². The minimum absolute atomic E-state index is 0.0252. The summed E-state index contributed by atoms with van der Waals surface area (Å²) in [7, 11) is 3.55. The summed E-state index contributed by atoms with van der Waals surface area (Å²) in [6.07, 6.45) is 7.24. The van der Waals surface area contributed by atoms with Gasteiger partial charge in [0.25, 0.3) is 0 Å². The lowest BCUT2D eigenvalue weighted by Crippen LogP contribution is -2.54. The average Bonchev–Trinajstić information content (AvgIpc) is 3.22. The maximum absolute atomic E-state index is 12.0. The highest BCUT2D eigenvalue weighted by molar-refractivity contribution is 5.85. The first-order valence-electron chi connectivity index (χ1n) is 11.1. The summed E-state index contributed by atoms with van der Waals surface area (Å²) in [5, 5.41) is 7.14. The molecular weight excluding hydrogens is 354 g/mol. The van der Waals surface area contributed by atoms with Gasteiger partial charge in [0.15, 0.2) is 5.96 Å². The average molecular weight is 396 g/mol. The Kier molecular flexibility index (Phi) is 10.1. The number of nitrogens with one attached hydrogen (secondary N) is 2. The van der Waals surface area contributed by atoms with Crippen LogP contribution >= 0.6 is 0 Å². The number of carbonyl (C=O) groups excluding carboxylic acids is 1. The maximum Gasteiger partial charge on any atom is 0.243 e. The van der Waals surface area contributed by atoms with E-state index in [0.29, 0.717) is 18.0 Å². The molecule has 0 radical (unpaired) electrons. The van der Waals surface area contributed by atoms with E-state index in [1.807, 2.05) is 0 Å². The van der Waals surface area contributed by atoms with Crippen LogP contribution < -0.4 is 10.6 Å². The van der Waals surface area contributed by atoms with Gasteiger partial charge in [-0.25, -0.2) is 4.99 Å². The second-order valence-corrected chi connectivity index (χ2v) is 8.25. The number of amides is 1. The molecule has 0 aromatic rings. The van der Waals surface area contributed by atoms with E-state index < -0.39 is 0 Å². The number of rotatable bonds is 9. The number of likely N-dealkylation sites (N-methyl/N-ethyl adjacent to an activating group) is 1. The molecule has 162 valence electrons. The fourth-order valence-corrected chi connectivity index (χ4v) is 4.24. The van der Waals surface area contributed by atoms with Crippen molar-refractivity contribution < 1.29 is 9.53 Å². The third-order valence-electron chi connectivity index (χ3n) is 6.15. The molecule has 28 heavy (non-hydrogen) atoms. The standard InChI is InChI=1S/C21H41N5O2/c1-5-17(6-2)19(26-11-13-28-14-12-26)15-22-21(23-16-20(27)25(3)4)24-18-9-7-8-10-18/h17-19H,5-16H2,1-4H3,(H2,22,23,24). The molecule has 1 amide bonds. The van der Waals surface area contributed by atoms with E-state index in [2.05, 4.69) is 34.4 Å². The van der Waals surface area contributed by atoms with Crippen molar-refractivity contribution in [3.8, 4) is 0 Å². The summed E-state index contributed by atoms with van der Waals surface area (Å²) in [6, 6.07) is 0.926. The van der Waals surface area contributed by atoms with Crippen molar-refractivity contribution >= 4 is 11.9 Å². The summed E-state index contributed by atoms with van der Waals surface area (Å²) < 4.78 is 5.56. The molecule has 2 fully saturated rings. The van der Waals surface area contributed by atoms with Gasteiger partial charge in [0.1, 0.15) is 6.54 Å². The fourth-order valence-electron chi connectivity index (χ4n) is 4.24. The second-order valence-electron chi connectivity index (χ2n) is 8.25. The molecule has 1 atom stereocenters.